The molecule has 0 radical (unpaired) electrons. The quantitative estimate of drug-likeness (QED) is 0.639. The van der Waals surface area contributed by atoms with E-state index < -0.39 is 17.3 Å². The van der Waals surface area contributed by atoms with Crippen LogP contribution in [0.1, 0.15) is 40.0 Å². The number of hydrogen-bond acceptors (Lipinski definition) is 5. The molecular weight excluding hydrogens is 260 g/mol. The lowest BCUT2D eigenvalue weighted by Crippen LogP contribution is -2.53. The van der Waals surface area contributed by atoms with Crippen LogP contribution in [0.25, 0.3) is 0 Å². The standard InChI is InChI=1S/C15H20O5/c1-7-9-4-5-14(3,18)15(19)6-10(16)8(2)11(15)12(9)20-13(7)17/h7,9,12,18-19H,4-6H2,1-3H3/t7-,9-,12-,14-,15-/m0/s1. The summed E-state index contributed by atoms with van der Waals surface area (Å²) in [4.78, 5) is 23.8. The number of esters is 1. The molecule has 20 heavy (non-hydrogen) atoms. The molecule has 5 heteroatoms. The molecule has 5 atom stereocenters. The van der Waals surface area contributed by atoms with E-state index in [-0.39, 0.29) is 30.0 Å². The first kappa shape index (κ1) is 13.8. The maximum absolute atomic E-state index is 12.0. The highest BCUT2D eigenvalue weighted by atomic mass is 16.6. The molecule has 2 aliphatic carbocycles. The van der Waals surface area contributed by atoms with Gasteiger partial charge in [0.1, 0.15) is 11.7 Å². The van der Waals surface area contributed by atoms with Gasteiger partial charge in [-0.3, -0.25) is 9.59 Å². The highest BCUT2D eigenvalue weighted by Gasteiger charge is 2.62. The lowest BCUT2D eigenvalue weighted by atomic mass is 9.77. The van der Waals surface area contributed by atoms with Crippen molar-refractivity contribution in [2.24, 2.45) is 11.8 Å². The van der Waals surface area contributed by atoms with Crippen molar-refractivity contribution >= 4 is 11.8 Å². The molecule has 0 aromatic rings. The van der Waals surface area contributed by atoms with Gasteiger partial charge >= 0.3 is 5.97 Å². The van der Waals surface area contributed by atoms with Crippen LogP contribution in [0.3, 0.4) is 0 Å². The Morgan fingerprint density at radius 1 is 1.30 bits per heavy atom. The van der Waals surface area contributed by atoms with Gasteiger partial charge in [0.15, 0.2) is 5.78 Å². The molecule has 0 aromatic heterocycles. The van der Waals surface area contributed by atoms with E-state index in [1.165, 1.54) is 0 Å². The predicted molar refractivity (Wildman–Crippen MR) is 69.7 cm³/mol. The Morgan fingerprint density at radius 2 is 1.95 bits per heavy atom. The fraction of sp³-hybridized carbons (Fsp3) is 0.733. The molecular formula is C15H20O5. The van der Waals surface area contributed by atoms with Crippen LogP contribution >= 0.6 is 0 Å². The summed E-state index contributed by atoms with van der Waals surface area (Å²) in [6, 6.07) is 0. The number of fused-ring (bicyclic) bond motifs is 3. The SMILES string of the molecule is CC1=C2[C@H]3OC(=O)[C@@H](C)[C@@H]3CC[C@](C)(O)[C@]2(O)CC1=O. The Bertz CT molecular complexity index is 532. The number of aliphatic hydroxyl groups is 2. The van der Waals surface area contributed by atoms with Crippen LogP contribution in [0.4, 0.5) is 0 Å². The van der Waals surface area contributed by atoms with Gasteiger partial charge in [-0.15, -0.1) is 0 Å². The molecule has 1 saturated heterocycles. The topological polar surface area (TPSA) is 83.8 Å². The Morgan fingerprint density at radius 3 is 2.60 bits per heavy atom. The second-order valence-electron chi connectivity index (χ2n) is 6.62. The number of ketones is 1. The van der Waals surface area contributed by atoms with Crippen LogP contribution in [-0.2, 0) is 14.3 Å². The van der Waals surface area contributed by atoms with Crippen LogP contribution < -0.4 is 0 Å². The number of carbonyl (C=O) groups excluding carboxylic acids is 2. The Kier molecular flexibility index (Phi) is 2.70. The largest absolute Gasteiger partial charge is 0.457 e. The molecule has 5 nitrogen and oxygen atoms in total. The summed E-state index contributed by atoms with van der Waals surface area (Å²) in [7, 11) is 0. The van der Waals surface area contributed by atoms with Crippen LogP contribution in [0.2, 0.25) is 0 Å². The zero-order valence-electron chi connectivity index (χ0n) is 12.0. The summed E-state index contributed by atoms with van der Waals surface area (Å²) in [5, 5.41) is 21.6. The average Bonchev–Trinajstić information content (AvgIpc) is 2.71. The first-order valence-corrected chi connectivity index (χ1v) is 7.09. The van der Waals surface area contributed by atoms with Gasteiger partial charge in [0.2, 0.25) is 0 Å². The third-order valence-corrected chi connectivity index (χ3v) is 5.47. The lowest BCUT2D eigenvalue weighted by molar-refractivity contribution is -0.148. The van der Waals surface area contributed by atoms with Crippen molar-refractivity contribution in [3.63, 3.8) is 0 Å². The Balaban J connectivity index is 2.17. The van der Waals surface area contributed by atoms with Crippen molar-refractivity contribution in [1.29, 1.82) is 0 Å². The summed E-state index contributed by atoms with van der Waals surface area (Å²) < 4.78 is 5.43. The summed E-state index contributed by atoms with van der Waals surface area (Å²) in [5.41, 5.74) is -2.14. The van der Waals surface area contributed by atoms with Gasteiger partial charge < -0.3 is 14.9 Å². The van der Waals surface area contributed by atoms with Crippen molar-refractivity contribution in [3.8, 4) is 0 Å². The van der Waals surface area contributed by atoms with Crippen LogP contribution in [-0.4, -0.2) is 39.3 Å². The minimum absolute atomic E-state index is 0.0844. The van der Waals surface area contributed by atoms with E-state index in [9.17, 15) is 19.8 Å². The highest BCUT2D eigenvalue weighted by Crippen LogP contribution is 2.53. The first-order valence-electron chi connectivity index (χ1n) is 7.09. The van der Waals surface area contributed by atoms with E-state index in [0.717, 1.165) is 0 Å². The van der Waals surface area contributed by atoms with Crippen molar-refractivity contribution in [1.82, 2.24) is 0 Å². The van der Waals surface area contributed by atoms with Gasteiger partial charge in [0.05, 0.1) is 11.5 Å². The van der Waals surface area contributed by atoms with Gasteiger partial charge in [-0.05, 0) is 32.3 Å². The Labute approximate surface area is 117 Å². The zero-order chi connectivity index (χ0) is 14.9. The molecule has 0 aromatic carbocycles. The molecule has 3 rings (SSSR count). The van der Waals surface area contributed by atoms with E-state index in [1.807, 2.05) is 0 Å². The number of hydrogen-bond donors (Lipinski definition) is 2. The number of carbonyl (C=O) groups is 2. The van der Waals surface area contributed by atoms with Gasteiger partial charge in [0, 0.05) is 17.9 Å². The lowest BCUT2D eigenvalue weighted by Gasteiger charge is -2.39. The molecule has 1 saturated carbocycles. The zero-order valence-corrected chi connectivity index (χ0v) is 12.0. The van der Waals surface area contributed by atoms with Crippen LogP contribution in [0.15, 0.2) is 11.1 Å². The smallest absolute Gasteiger partial charge is 0.309 e. The monoisotopic (exact) mass is 280 g/mol. The summed E-state index contributed by atoms with van der Waals surface area (Å²) in [5.74, 6) is -0.824. The normalized spacial score (nSPS) is 48.0. The fourth-order valence-corrected chi connectivity index (χ4v) is 3.94. The van der Waals surface area contributed by atoms with Crippen LogP contribution in [0.5, 0.6) is 0 Å². The average molecular weight is 280 g/mol. The molecule has 1 heterocycles. The van der Waals surface area contributed by atoms with Crippen molar-refractivity contribution < 1.29 is 24.5 Å². The predicted octanol–water partition coefficient (Wildman–Crippen LogP) is 0.729. The molecule has 2 fully saturated rings. The maximum atomic E-state index is 12.0. The molecule has 110 valence electrons. The Hall–Kier alpha value is -1.20. The number of ether oxygens (including phenoxy) is 1. The number of Topliss-reactive ketones (excluding diaryl/α,β-unsaturated/α-hetero) is 1. The van der Waals surface area contributed by atoms with Crippen molar-refractivity contribution in [2.45, 2.75) is 57.3 Å². The molecule has 0 amide bonds. The minimum Gasteiger partial charge on any atom is -0.457 e. The van der Waals surface area contributed by atoms with Crippen molar-refractivity contribution in [2.75, 3.05) is 0 Å². The molecule has 0 spiro atoms. The van der Waals surface area contributed by atoms with E-state index in [0.29, 0.717) is 24.0 Å². The highest BCUT2D eigenvalue weighted by molar-refractivity contribution is 6.01. The number of rotatable bonds is 0. The van der Waals surface area contributed by atoms with E-state index >= 15 is 0 Å². The van der Waals surface area contributed by atoms with Crippen molar-refractivity contribution in [3.05, 3.63) is 11.1 Å². The van der Waals surface area contributed by atoms with E-state index in [2.05, 4.69) is 0 Å². The third-order valence-electron chi connectivity index (χ3n) is 5.47. The second kappa shape index (κ2) is 3.92. The maximum Gasteiger partial charge on any atom is 0.309 e. The minimum atomic E-state index is -1.61. The van der Waals surface area contributed by atoms with Gasteiger partial charge in [-0.1, -0.05) is 6.92 Å². The summed E-state index contributed by atoms with van der Waals surface area (Å²) >= 11 is 0. The van der Waals surface area contributed by atoms with E-state index in [4.69, 9.17) is 4.74 Å². The molecule has 1 aliphatic heterocycles. The summed E-state index contributed by atoms with van der Waals surface area (Å²) in [6.07, 6.45) is 0.229. The van der Waals surface area contributed by atoms with Crippen LogP contribution in [0, 0.1) is 11.8 Å². The van der Waals surface area contributed by atoms with Gasteiger partial charge in [-0.25, -0.2) is 0 Å². The first-order chi connectivity index (χ1) is 9.19. The second-order valence-corrected chi connectivity index (χ2v) is 6.62. The molecule has 3 aliphatic rings. The van der Waals surface area contributed by atoms with Gasteiger partial charge in [-0.2, -0.15) is 0 Å². The van der Waals surface area contributed by atoms with E-state index in [1.54, 1.807) is 20.8 Å². The molecule has 0 bridgehead atoms. The number of allylic oxidation sites excluding steroid dienone is 1. The molecule has 2 N–H and O–H groups in total. The summed E-state index contributed by atoms with van der Waals surface area (Å²) in [6.45, 7) is 5.01. The van der Waals surface area contributed by atoms with Gasteiger partial charge in [0.25, 0.3) is 0 Å². The fourth-order valence-electron chi connectivity index (χ4n) is 3.94. The molecule has 0 unspecified atom stereocenters. The third kappa shape index (κ3) is 1.50.